The topological polar surface area (TPSA) is 56.5 Å². The molecule has 0 fully saturated rings. The summed E-state index contributed by atoms with van der Waals surface area (Å²) in [7, 11) is 0. The molecule has 0 amide bonds. The number of rotatable bonds is 7. The number of aromatic nitrogens is 2. The lowest BCUT2D eigenvalue weighted by molar-refractivity contribution is 0.307. The predicted molar refractivity (Wildman–Crippen MR) is 145 cm³/mol. The fourth-order valence-electron chi connectivity index (χ4n) is 4.09. The molecule has 5 aromatic rings. The zero-order valence-electron chi connectivity index (χ0n) is 19.3. The van der Waals surface area contributed by atoms with Gasteiger partial charge in [-0.25, -0.2) is 4.98 Å². The molecule has 0 atom stereocenters. The van der Waals surface area contributed by atoms with Crippen molar-refractivity contribution in [1.82, 2.24) is 9.66 Å². The van der Waals surface area contributed by atoms with Gasteiger partial charge in [-0.3, -0.25) is 4.79 Å². The number of aryl methyl sites for hydroxylation is 1. The molecular formula is C29H24BrN3O2. The Kier molecular flexibility index (Phi) is 6.73. The summed E-state index contributed by atoms with van der Waals surface area (Å²) in [5, 5.41) is 7.43. The first-order valence-corrected chi connectivity index (χ1v) is 12.4. The van der Waals surface area contributed by atoms with Crippen molar-refractivity contribution in [3.8, 4) is 5.75 Å². The quantitative estimate of drug-likeness (QED) is 0.221. The Bertz CT molecular complexity index is 1600. The molecule has 0 aliphatic heterocycles. The Morgan fingerprint density at radius 3 is 2.69 bits per heavy atom. The Morgan fingerprint density at radius 2 is 1.80 bits per heavy atom. The van der Waals surface area contributed by atoms with Crippen LogP contribution in [0.15, 0.2) is 99.3 Å². The van der Waals surface area contributed by atoms with Gasteiger partial charge in [-0.2, -0.15) is 9.78 Å². The van der Waals surface area contributed by atoms with Gasteiger partial charge < -0.3 is 4.74 Å². The van der Waals surface area contributed by atoms with Crippen molar-refractivity contribution in [3.63, 3.8) is 0 Å². The summed E-state index contributed by atoms with van der Waals surface area (Å²) in [6, 6.07) is 27.8. The van der Waals surface area contributed by atoms with E-state index in [0.29, 0.717) is 29.8 Å². The SMILES string of the molecule is CCCc1nc2ccc(Br)cc2c(=O)n1N=Cc1cccc(OCc2cccc3ccccc23)c1. The Hall–Kier alpha value is -3.77. The molecule has 1 aromatic heterocycles. The van der Waals surface area contributed by atoms with Crippen molar-refractivity contribution in [2.24, 2.45) is 5.10 Å². The fourth-order valence-corrected chi connectivity index (χ4v) is 4.45. The molecule has 0 aliphatic carbocycles. The van der Waals surface area contributed by atoms with Crippen molar-refractivity contribution in [2.45, 2.75) is 26.4 Å². The number of hydrogen-bond donors (Lipinski definition) is 0. The highest BCUT2D eigenvalue weighted by Crippen LogP contribution is 2.21. The van der Waals surface area contributed by atoms with Crippen LogP contribution in [0.4, 0.5) is 0 Å². The molecule has 0 saturated carbocycles. The highest BCUT2D eigenvalue weighted by atomic mass is 79.9. The maximum absolute atomic E-state index is 13.2. The number of halogens is 1. The van der Waals surface area contributed by atoms with Crippen LogP contribution in [-0.4, -0.2) is 15.9 Å². The van der Waals surface area contributed by atoms with Crippen LogP contribution in [0, 0.1) is 0 Å². The van der Waals surface area contributed by atoms with E-state index in [4.69, 9.17) is 4.74 Å². The standard InChI is InChI=1S/C29H24BrN3O2/c1-2-7-28-32-27-15-14-23(30)17-26(27)29(34)33(28)31-18-20-8-5-12-24(16-20)35-19-22-11-6-10-21-9-3-4-13-25(21)22/h3-6,8-18H,2,7,19H2,1H3. The zero-order valence-corrected chi connectivity index (χ0v) is 20.9. The number of hydrogen-bond acceptors (Lipinski definition) is 4. The van der Waals surface area contributed by atoms with Gasteiger partial charge in [0.1, 0.15) is 18.2 Å². The van der Waals surface area contributed by atoms with Crippen LogP contribution in [0.2, 0.25) is 0 Å². The van der Waals surface area contributed by atoms with Gasteiger partial charge in [0, 0.05) is 10.9 Å². The molecule has 0 spiro atoms. The first-order valence-electron chi connectivity index (χ1n) is 11.6. The van der Waals surface area contributed by atoms with Crippen molar-refractivity contribution in [3.05, 3.63) is 117 Å². The van der Waals surface area contributed by atoms with Gasteiger partial charge in [-0.15, -0.1) is 0 Å². The first kappa shape index (κ1) is 23.0. The third kappa shape index (κ3) is 5.03. The van der Waals surface area contributed by atoms with Crippen LogP contribution < -0.4 is 10.3 Å². The second-order valence-electron chi connectivity index (χ2n) is 8.30. The van der Waals surface area contributed by atoms with Gasteiger partial charge in [0.05, 0.1) is 17.1 Å². The predicted octanol–water partition coefficient (Wildman–Crippen LogP) is 6.73. The summed E-state index contributed by atoms with van der Waals surface area (Å²) in [5.41, 5.74) is 2.46. The second kappa shape index (κ2) is 10.2. The summed E-state index contributed by atoms with van der Waals surface area (Å²) < 4.78 is 8.34. The molecule has 6 heteroatoms. The van der Waals surface area contributed by atoms with E-state index < -0.39 is 0 Å². The summed E-state index contributed by atoms with van der Waals surface area (Å²) >= 11 is 3.44. The lowest BCUT2D eigenvalue weighted by Gasteiger charge is -2.10. The Balaban J connectivity index is 1.42. The highest BCUT2D eigenvalue weighted by molar-refractivity contribution is 9.10. The van der Waals surface area contributed by atoms with Crippen LogP contribution in [0.1, 0.15) is 30.3 Å². The zero-order chi connectivity index (χ0) is 24.2. The molecule has 174 valence electrons. The average molecular weight is 526 g/mol. The third-order valence-corrected chi connectivity index (χ3v) is 6.30. The van der Waals surface area contributed by atoms with Gasteiger partial charge in [-0.05, 0) is 58.7 Å². The van der Waals surface area contributed by atoms with Gasteiger partial charge in [-0.1, -0.05) is 77.5 Å². The maximum atomic E-state index is 13.2. The Labute approximate surface area is 211 Å². The van der Waals surface area contributed by atoms with E-state index in [9.17, 15) is 4.79 Å². The molecule has 0 N–H and O–H groups in total. The largest absolute Gasteiger partial charge is 0.489 e. The molecule has 35 heavy (non-hydrogen) atoms. The van der Waals surface area contributed by atoms with Crippen LogP contribution in [0.5, 0.6) is 5.75 Å². The Morgan fingerprint density at radius 1 is 0.971 bits per heavy atom. The van der Waals surface area contributed by atoms with Crippen molar-refractivity contribution in [1.29, 1.82) is 0 Å². The van der Waals surface area contributed by atoms with Crippen LogP contribution in [-0.2, 0) is 13.0 Å². The molecule has 0 aliphatic rings. The van der Waals surface area contributed by atoms with E-state index in [1.165, 1.54) is 15.4 Å². The van der Waals surface area contributed by atoms with Gasteiger partial charge in [0.2, 0.25) is 0 Å². The monoisotopic (exact) mass is 525 g/mol. The molecule has 1 heterocycles. The summed E-state index contributed by atoms with van der Waals surface area (Å²) in [4.78, 5) is 17.9. The summed E-state index contributed by atoms with van der Waals surface area (Å²) in [6.07, 6.45) is 3.20. The minimum absolute atomic E-state index is 0.181. The van der Waals surface area contributed by atoms with Crippen LogP contribution in [0.25, 0.3) is 21.7 Å². The van der Waals surface area contributed by atoms with Crippen molar-refractivity contribution in [2.75, 3.05) is 0 Å². The minimum atomic E-state index is -0.181. The molecule has 4 aromatic carbocycles. The summed E-state index contributed by atoms with van der Waals surface area (Å²) in [6.45, 7) is 2.52. The maximum Gasteiger partial charge on any atom is 0.282 e. The highest BCUT2D eigenvalue weighted by Gasteiger charge is 2.10. The van der Waals surface area contributed by atoms with Crippen LogP contribution >= 0.6 is 15.9 Å². The third-order valence-electron chi connectivity index (χ3n) is 5.80. The van der Waals surface area contributed by atoms with Gasteiger partial charge in [0.25, 0.3) is 5.56 Å². The van der Waals surface area contributed by atoms with E-state index in [2.05, 4.69) is 57.2 Å². The van der Waals surface area contributed by atoms with E-state index in [1.807, 2.05) is 54.6 Å². The number of nitrogens with zero attached hydrogens (tertiary/aromatic N) is 3. The normalized spacial score (nSPS) is 11.5. The van der Waals surface area contributed by atoms with Crippen molar-refractivity contribution >= 4 is 43.8 Å². The van der Waals surface area contributed by atoms with Crippen LogP contribution in [0.3, 0.4) is 0 Å². The van der Waals surface area contributed by atoms with E-state index in [1.54, 1.807) is 12.3 Å². The van der Waals surface area contributed by atoms with E-state index in [0.717, 1.165) is 27.8 Å². The molecule has 0 radical (unpaired) electrons. The average Bonchev–Trinajstić information content (AvgIpc) is 2.88. The van der Waals surface area contributed by atoms with Gasteiger partial charge in [0.15, 0.2) is 0 Å². The molecule has 0 unspecified atom stereocenters. The van der Waals surface area contributed by atoms with Crippen molar-refractivity contribution < 1.29 is 4.74 Å². The molecular weight excluding hydrogens is 502 g/mol. The van der Waals surface area contributed by atoms with Gasteiger partial charge >= 0.3 is 0 Å². The number of fused-ring (bicyclic) bond motifs is 2. The molecule has 0 bridgehead atoms. The second-order valence-corrected chi connectivity index (χ2v) is 9.22. The fraction of sp³-hybridized carbons (Fsp3) is 0.138. The van der Waals surface area contributed by atoms with E-state index in [-0.39, 0.29) is 5.56 Å². The first-order chi connectivity index (χ1) is 17.1. The number of benzene rings is 4. The number of ether oxygens (including phenoxy) is 1. The molecule has 0 saturated heterocycles. The smallest absolute Gasteiger partial charge is 0.282 e. The lowest BCUT2D eigenvalue weighted by atomic mass is 10.1. The molecule has 5 rings (SSSR count). The lowest BCUT2D eigenvalue weighted by Crippen LogP contribution is -2.22. The minimum Gasteiger partial charge on any atom is -0.489 e. The summed E-state index contributed by atoms with van der Waals surface area (Å²) in [5.74, 6) is 1.38. The molecule has 5 nitrogen and oxygen atoms in total. The van der Waals surface area contributed by atoms with E-state index >= 15 is 0 Å².